The van der Waals surface area contributed by atoms with Crippen molar-refractivity contribution >= 4 is 11.7 Å². The van der Waals surface area contributed by atoms with Crippen LogP contribution >= 0.6 is 0 Å². The summed E-state index contributed by atoms with van der Waals surface area (Å²) in [5.74, 6) is 1.93. The zero-order chi connectivity index (χ0) is 20.1. The second kappa shape index (κ2) is 6.62. The monoisotopic (exact) mass is 398 g/mol. The molecule has 6 nitrogen and oxygen atoms in total. The second-order valence-corrected chi connectivity index (χ2v) is 7.51. The zero-order valence-electron chi connectivity index (χ0n) is 15.9. The van der Waals surface area contributed by atoms with Crippen molar-refractivity contribution in [1.82, 2.24) is 5.32 Å². The highest BCUT2D eigenvalue weighted by atomic mass is 16.7. The highest BCUT2D eigenvalue weighted by Crippen LogP contribution is 2.47. The number of rotatable bonds is 2. The van der Waals surface area contributed by atoms with Gasteiger partial charge in [0.2, 0.25) is 6.79 Å². The van der Waals surface area contributed by atoms with E-state index in [4.69, 9.17) is 14.2 Å². The van der Waals surface area contributed by atoms with Gasteiger partial charge in [0.25, 0.3) is 0 Å². The number of urea groups is 1. The maximum atomic E-state index is 12.6. The lowest BCUT2D eigenvalue weighted by Crippen LogP contribution is -2.47. The predicted molar refractivity (Wildman–Crippen MR) is 110 cm³/mol. The van der Waals surface area contributed by atoms with E-state index in [9.17, 15) is 4.79 Å². The molecule has 0 aliphatic carbocycles. The third-order valence-electron chi connectivity index (χ3n) is 5.80. The van der Waals surface area contributed by atoms with E-state index in [0.717, 1.165) is 28.2 Å². The largest absolute Gasteiger partial charge is 0.484 e. The minimum atomic E-state index is -0.354. The number of nitrogens with one attached hydrogen (secondary N) is 1. The van der Waals surface area contributed by atoms with Crippen LogP contribution in [0.4, 0.5) is 4.79 Å². The fourth-order valence-corrected chi connectivity index (χ4v) is 4.46. The van der Waals surface area contributed by atoms with Crippen molar-refractivity contribution in [1.29, 1.82) is 0 Å². The predicted octanol–water partition coefficient (Wildman–Crippen LogP) is 4.42. The summed E-state index contributed by atoms with van der Waals surface area (Å²) in [6.45, 7) is 0.203. The summed E-state index contributed by atoms with van der Waals surface area (Å²) < 4.78 is 17.5. The standard InChI is InChI=1S/C24H18N2O4/c27-24-25-21(15-10-11-18-19(12-15)29-13-28-18)20-22(26-24)16-8-4-5-9-17(16)30-23(20)14-6-2-1-3-7-14/h1-12,20-21,23H,13H2,(H,25,27). The first-order valence-electron chi connectivity index (χ1n) is 9.87. The SMILES string of the molecule is O=C1N=C2c3ccccc3OC(c3ccccc3)C2C(c2ccc3c(c2)OCO3)N1. The quantitative estimate of drug-likeness (QED) is 0.694. The molecule has 3 aromatic rings. The van der Waals surface area contributed by atoms with Crippen molar-refractivity contribution in [2.45, 2.75) is 12.1 Å². The Kier molecular flexibility index (Phi) is 3.77. The molecule has 6 heteroatoms. The Morgan fingerprint density at radius 1 is 0.833 bits per heavy atom. The molecular formula is C24H18N2O4. The summed E-state index contributed by atoms with van der Waals surface area (Å²) in [6, 6.07) is 22.9. The molecule has 0 spiro atoms. The van der Waals surface area contributed by atoms with Gasteiger partial charge in [0.15, 0.2) is 11.5 Å². The van der Waals surface area contributed by atoms with Crippen LogP contribution < -0.4 is 19.5 Å². The third kappa shape index (κ3) is 2.64. The van der Waals surface area contributed by atoms with Crippen LogP contribution in [0, 0.1) is 5.92 Å². The summed E-state index contributed by atoms with van der Waals surface area (Å²) >= 11 is 0. The molecule has 3 aliphatic rings. The Hall–Kier alpha value is -3.80. The summed E-state index contributed by atoms with van der Waals surface area (Å²) in [7, 11) is 0. The molecule has 0 radical (unpaired) electrons. The molecule has 0 fully saturated rings. The van der Waals surface area contributed by atoms with Crippen molar-refractivity contribution in [3.05, 3.63) is 89.5 Å². The van der Waals surface area contributed by atoms with Crippen LogP contribution in [0.25, 0.3) is 0 Å². The van der Waals surface area contributed by atoms with Gasteiger partial charge in [-0.15, -0.1) is 0 Å². The molecule has 3 heterocycles. The highest BCUT2D eigenvalue weighted by molar-refractivity contribution is 6.12. The van der Waals surface area contributed by atoms with Crippen molar-refractivity contribution in [2.24, 2.45) is 10.9 Å². The Morgan fingerprint density at radius 2 is 1.63 bits per heavy atom. The van der Waals surface area contributed by atoms with Gasteiger partial charge < -0.3 is 19.5 Å². The number of hydrogen-bond donors (Lipinski definition) is 1. The number of ether oxygens (including phenoxy) is 3. The van der Waals surface area contributed by atoms with Crippen LogP contribution in [0.1, 0.15) is 28.8 Å². The minimum absolute atomic E-state index is 0.194. The summed E-state index contributed by atoms with van der Waals surface area (Å²) in [5, 5.41) is 3.05. The van der Waals surface area contributed by atoms with Crippen LogP contribution in [-0.2, 0) is 0 Å². The number of aliphatic imine (C=N–C) groups is 1. The first kappa shape index (κ1) is 17.1. The normalized spacial score (nSPS) is 23.5. The smallest absolute Gasteiger partial charge is 0.341 e. The number of hydrogen-bond acceptors (Lipinski definition) is 4. The topological polar surface area (TPSA) is 69.2 Å². The Labute approximate surface area is 173 Å². The van der Waals surface area contributed by atoms with Crippen LogP contribution in [0.15, 0.2) is 77.8 Å². The average molecular weight is 398 g/mol. The lowest BCUT2D eigenvalue weighted by molar-refractivity contribution is 0.133. The Bertz CT molecular complexity index is 1170. The minimum Gasteiger partial charge on any atom is -0.484 e. The molecule has 3 unspecified atom stereocenters. The van der Waals surface area contributed by atoms with Crippen LogP contribution in [0.3, 0.4) is 0 Å². The maximum Gasteiger partial charge on any atom is 0.341 e. The van der Waals surface area contributed by atoms with Crippen LogP contribution in [0.5, 0.6) is 17.2 Å². The highest BCUT2D eigenvalue weighted by Gasteiger charge is 2.45. The first-order valence-corrected chi connectivity index (χ1v) is 9.87. The van der Waals surface area contributed by atoms with Crippen LogP contribution in [0.2, 0.25) is 0 Å². The van der Waals surface area contributed by atoms with Gasteiger partial charge >= 0.3 is 6.03 Å². The van der Waals surface area contributed by atoms with E-state index in [-0.39, 0.29) is 30.9 Å². The molecular weight excluding hydrogens is 380 g/mol. The number of carbonyl (C=O) groups excluding carboxylic acids is 1. The van der Waals surface area contributed by atoms with E-state index < -0.39 is 0 Å². The van der Waals surface area contributed by atoms with Crippen molar-refractivity contribution in [3.63, 3.8) is 0 Å². The number of carbonyl (C=O) groups is 1. The molecule has 148 valence electrons. The number of amides is 2. The van der Waals surface area contributed by atoms with Gasteiger partial charge in [-0.25, -0.2) is 4.79 Å². The molecule has 0 saturated heterocycles. The Balaban J connectivity index is 1.52. The molecule has 0 bridgehead atoms. The summed E-state index contributed by atoms with van der Waals surface area (Å²) in [6.07, 6.45) is -0.295. The van der Waals surface area contributed by atoms with Crippen molar-refractivity contribution < 1.29 is 19.0 Å². The Morgan fingerprint density at radius 3 is 2.53 bits per heavy atom. The summed E-state index contributed by atoms with van der Waals surface area (Å²) in [4.78, 5) is 17.0. The van der Waals surface area contributed by atoms with Crippen molar-refractivity contribution in [2.75, 3.05) is 6.79 Å². The number of benzene rings is 3. The molecule has 0 saturated carbocycles. The van der Waals surface area contributed by atoms with Gasteiger partial charge in [-0.05, 0) is 35.4 Å². The molecule has 3 atom stereocenters. The van der Waals surface area contributed by atoms with E-state index in [1.165, 1.54) is 0 Å². The molecule has 1 N–H and O–H groups in total. The van der Waals surface area contributed by atoms with E-state index in [2.05, 4.69) is 10.3 Å². The molecule has 30 heavy (non-hydrogen) atoms. The van der Waals surface area contributed by atoms with Crippen molar-refractivity contribution in [3.8, 4) is 17.2 Å². The average Bonchev–Trinajstić information content (AvgIpc) is 3.26. The molecule has 0 aromatic heterocycles. The van der Waals surface area contributed by atoms with Crippen LogP contribution in [-0.4, -0.2) is 18.5 Å². The van der Waals surface area contributed by atoms with E-state index in [1.807, 2.05) is 72.8 Å². The fourth-order valence-electron chi connectivity index (χ4n) is 4.46. The third-order valence-corrected chi connectivity index (χ3v) is 5.80. The first-order chi connectivity index (χ1) is 14.8. The molecule has 6 rings (SSSR count). The van der Waals surface area contributed by atoms with E-state index in [0.29, 0.717) is 11.5 Å². The lowest BCUT2D eigenvalue weighted by Gasteiger charge is -2.41. The zero-order valence-corrected chi connectivity index (χ0v) is 15.9. The number of para-hydroxylation sites is 1. The van der Waals surface area contributed by atoms with E-state index >= 15 is 0 Å². The van der Waals surface area contributed by atoms with Gasteiger partial charge in [0.05, 0.1) is 17.7 Å². The lowest BCUT2D eigenvalue weighted by atomic mass is 9.77. The number of nitrogens with zero attached hydrogens (tertiary/aromatic N) is 1. The van der Waals surface area contributed by atoms with E-state index in [1.54, 1.807) is 0 Å². The van der Waals surface area contributed by atoms with Gasteiger partial charge in [-0.3, -0.25) is 0 Å². The second-order valence-electron chi connectivity index (χ2n) is 7.51. The maximum absolute atomic E-state index is 12.6. The fraction of sp³-hybridized carbons (Fsp3) is 0.167. The molecule has 2 amide bonds. The number of fused-ring (bicyclic) bond motifs is 4. The van der Waals surface area contributed by atoms with Gasteiger partial charge in [-0.2, -0.15) is 4.99 Å². The molecule has 3 aromatic carbocycles. The molecule has 3 aliphatic heterocycles. The summed E-state index contributed by atoms with van der Waals surface area (Å²) in [5.41, 5.74) is 3.56. The van der Waals surface area contributed by atoms with Gasteiger partial charge in [-0.1, -0.05) is 48.5 Å². The van der Waals surface area contributed by atoms with Gasteiger partial charge in [0, 0.05) is 5.56 Å². The van der Waals surface area contributed by atoms with Gasteiger partial charge in [0.1, 0.15) is 11.9 Å².